The molecule has 2 unspecified atom stereocenters. The molecule has 0 spiro atoms. The van der Waals surface area contributed by atoms with Crippen molar-refractivity contribution < 1.29 is 4.79 Å². The third-order valence-electron chi connectivity index (χ3n) is 4.05. The molecule has 59 valence electrons. The van der Waals surface area contributed by atoms with Gasteiger partial charge in [0.25, 0.3) is 0 Å². The van der Waals surface area contributed by atoms with E-state index in [0.29, 0.717) is 11.3 Å². The second-order valence-electron chi connectivity index (χ2n) is 4.55. The van der Waals surface area contributed by atoms with Crippen LogP contribution in [0.3, 0.4) is 0 Å². The van der Waals surface area contributed by atoms with Gasteiger partial charge in [0.15, 0.2) is 0 Å². The molecule has 0 amide bonds. The summed E-state index contributed by atoms with van der Waals surface area (Å²) in [5.74, 6) is 0.629. The van der Waals surface area contributed by atoms with E-state index in [-0.39, 0.29) is 5.41 Å². The highest BCUT2D eigenvalue weighted by Gasteiger charge is 2.62. The Morgan fingerprint density at radius 3 is 2.36 bits per heavy atom. The van der Waals surface area contributed by atoms with Crippen LogP contribution in [0.4, 0.5) is 0 Å². The smallest absolute Gasteiger partial charge is 0.229 e. The molecule has 0 aliphatic heterocycles. The number of allylic oxidation sites excluding steroid dienone is 2. The monoisotopic (exact) mass is 149 g/mol. The van der Waals surface area contributed by atoms with E-state index in [0.717, 1.165) is 12.0 Å². The number of carbonyl (C=O) groups excluding carboxylic acids is 1. The van der Waals surface area contributed by atoms with Gasteiger partial charge in [-0.05, 0) is 17.8 Å². The molecule has 3 aliphatic carbocycles. The molecule has 0 aromatic carbocycles. The minimum absolute atomic E-state index is 0.138. The zero-order chi connectivity index (χ0) is 8.28. The topological polar surface area (TPSA) is 17.1 Å². The van der Waals surface area contributed by atoms with Crippen LogP contribution in [0.5, 0.6) is 0 Å². The molecule has 11 heavy (non-hydrogen) atoms. The number of hydrogen-bond donors (Lipinski definition) is 0. The molecule has 3 rings (SSSR count). The summed E-state index contributed by atoms with van der Waals surface area (Å²) in [6.45, 7) is 6.65. The van der Waals surface area contributed by atoms with Crippen LogP contribution in [0.25, 0.3) is 0 Å². The lowest BCUT2D eigenvalue weighted by molar-refractivity contribution is -0.0219. The van der Waals surface area contributed by atoms with Crippen molar-refractivity contribution in [3.63, 3.8) is 0 Å². The van der Waals surface area contributed by atoms with Crippen LogP contribution < -0.4 is 0 Å². The molecule has 2 bridgehead atoms. The van der Waals surface area contributed by atoms with E-state index in [2.05, 4.69) is 33.1 Å². The van der Waals surface area contributed by atoms with Crippen molar-refractivity contribution in [2.45, 2.75) is 27.2 Å². The maximum atomic E-state index is 10.5. The van der Waals surface area contributed by atoms with Crippen molar-refractivity contribution in [1.29, 1.82) is 0 Å². The Morgan fingerprint density at radius 1 is 1.55 bits per heavy atom. The van der Waals surface area contributed by atoms with E-state index in [9.17, 15) is 4.79 Å². The van der Waals surface area contributed by atoms with Crippen LogP contribution in [-0.4, -0.2) is 6.29 Å². The number of hydrogen-bond acceptors (Lipinski definition) is 1. The predicted molar refractivity (Wildman–Crippen MR) is 43.8 cm³/mol. The maximum Gasteiger partial charge on any atom is 0.229 e. The Balaban J connectivity index is 2.42. The Morgan fingerprint density at radius 2 is 2.18 bits per heavy atom. The second-order valence-corrected chi connectivity index (χ2v) is 4.55. The predicted octanol–water partition coefficient (Wildman–Crippen LogP) is 2.09. The van der Waals surface area contributed by atoms with Gasteiger partial charge in [-0.15, -0.1) is 0 Å². The van der Waals surface area contributed by atoms with E-state index < -0.39 is 0 Å². The third-order valence-corrected chi connectivity index (χ3v) is 4.05. The normalized spacial score (nSPS) is 44.6. The van der Waals surface area contributed by atoms with E-state index in [4.69, 9.17) is 0 Å². The molecule has 2 atom stereocenters. The highest BCUT2D eigenvalue weighted by Crippen LogP contribution is 2.69. The fourth-order valence-electron chi connectivity index (χ4n) is 2.49. The molecule has 1 fully saturated rings. The molecular weight excluding hydrogens is 136 g/mol. The minimum Gasteiger partial charge on any atom is -0.285 e. The molecule has 1 saturated carbocycles. The largest absolute Gasteiger partial charge is 0.285 e. The molecule has 0 aromatic rings. The zero-order valence-electron chi connectivity index (χ0n) is 7.27. The van der Waals surface area contributed by atoms with Gasteiger partial charge in [-0.3, -0.25) is 4.79 Å². The van der Waals surface area contributed by atoms with Gasteiger partial charge in [0.1, 0.15) is 0 Å². The van der Waals surface area contributed by atoms with Gasteiger partial charge in [0.05, 0.1) is 0 Å². The first kappa shape index (κ1) is 7.08. The van der Waals surface area contributed by atoms with Gasteiger partial charge in [0, 0.05) is 11.0 Å². The first-order valence-electron chi connectivity index (χ1n) is 4.13. The minimum atomic E-state index is 0.138. The van der Waals surface area contributed by atoms with Gasteiger partial charge in [-0.1, -0.05) is 26.8 Å². The fraction of sp³-hybridized carbons (Fsp3) is 0.700. The van der Waals surface area contributed by atoms with Gasteiger partial charge in [-0.25, -0.2) is 0 Å². The molecule has 1 nitrogen and oxygen atoms in total. The lowest BCUT2D eigenvalue weighted by Crippen LogP contribution is -2.48. The maximum absolute atomic E-state index is 10.5. The summed E-state index contributed by atoms with van der Waals surface area (Å²) >= 11 is 0. The van der Waals surface area contributed by atoms with Crippen LogP contribution >= 0.6 is 0 Å². The molecular formula is C10H13O. The first-order chi connectivity index (χ1) is 5.02. The lowest BCUT2D eigenvalue weighted by Gasteiger charge is -2.54. The SMILES string of the molecule is CC12CC(C=C1[C]=O)C2(C)C. The van der Waals surface area contributed by atoms with Gasteiger partial charge in [-0.2, -0.15) is 0 Å². The highest BCUT2D eigenvalue weighted by atomic mass is 16.1. The Kier molecular flexibility index (Phi) is 1.03. The molecule has 0 aromatic heterocycles. The van der Waals surface area contributed by atoms with Crippen LogP contribution in [0.2, 0.25) is 0 Å². The third kappa shape index (κ3) is 0.524. The summed E-state index contributed by atoms with van der Waals surface area (Å²) in [5, 5.41) is 0. The second kappa shape index (κ2) is 1.60. The van der Waals surface area contributed by atoms with Crippen molar-refractivity contribution in [1.82, 2.24) is 0 Å². The number of rotatable bonds is 1. The summed E-state index contributed by atoms with van der Waals surface area (Å²) < 4.78 is 0. The fourth-order valence-corrected chi connectivity index (χ4v) is 2.49. The van der Waals surface area contributed by atoms with E-state index in [1.54, 1.807) is 0 Å². The summed E-state index contributed by atoms with van der Waals surface area (Å²) in [6.07, 6.45) is 5.32. The Labute approximate surface area is 67.5 Å². The van der Waals surface area contributed by atoms with E-state index in [1.807, 2.05) is 0 Å². The van der Waals surface area contributed by atoms with E-state index >= 15 is 0 Å². The van der Waals surface area contributed by atoms with Crippen molar-refractivity contribution >= 4 is 6.29 Å². The molecule has 3 aliphatic rings. The van der Waals surface area contributed by atoms with Gasteiger partial charge < -0.3 is 0 Å². The molecule has 1 radical (unpaired) electrons. The van der Waals surface area contributed by atoms with Gasteiger partial charge in [0.2, 0.25) is 6.29 Å². The summed E-state index contributed by atoms with van der Waals surface area (Å²) in [5.41, 5.74) is 1.35. The molecule has 0 heterocycles. The standard InChI is InChI=1S/C10H13O/c1-9(2)7-4-8(6-11)10(9,3)5-7/h4,7H,5H2,1-3H3. The van der Waals surface area contributed by atoms with Crippen LogP contribution in [0.15, 0.2) is 11.6 Å². The zero-order valence-corrected chi connectivity index (χ0v) is 7.27. The Hall–Kier alpha value is -0.590. The molecule has 1 heteroatoms. The summed E-state index contributed by atoms with van der Waals surface area (Å²) in [6, 6.07) is 0. The van der Waals surface area contributed by atoms with Crippen molar-refractivity contribution in [3.05, 3.63) is 11.6 Å². The quantitative estimate of drug-likeness (QED) is 0.558. The molecule has 0 saturated heterocycles. The summed E-state index contributed by atoms with van der Waals surface area (Å²) in [4.78, 5) is 10.5. The molecule has 0 N–H and O–H groups in total. The lowest BCUT2D eigenvalue weighted by atomic mass is 9.49. The average Bonchev–Trinajstić information content (AvgIpc) is 2.38. The van der Waals surface area contributed by atoms with Gasteiger partial charge >= 0.3 is 0 Å². The van der Waals surface area contributed by atoms with E-state index in [1.165, 1.54) is 0 Å². The Bertz CT molecular complexity index is 250. The van der Waals surface area contributed by atoms with Crippen molar-refractivity contribution in [3.8, 4) is 0 Å². The summed E-state index contributed by atoms with van der Waals surface area (Å²) in [7, 11) is 0. The van der Waals surface area contributed by atoms with Crippen molar-refractivity contribution in [2.24, 2.45) is 16.7 Å². The first-order valence-corrected chi connectivity index (χ1v) is 4.13. The van der Waals surface area contributed by atoms with Crippen LogP contribution in [0.1, 0.15) is 27.2 Å². The van der Waals surface area contributed by atoms with Crippen LogP contribution in [-0.2, 0) is 4.79 Å². The van der Waals surface area contributed by atoms with Crippen molar-refractivity contribution in [2.75, 3.05) is 0 Å². The highest BCUT2D eigenvalue weighted by molar-refractivity contribution is 5.79. The van der Waals surface area contributed by atoms with Crippen LogP contribution in [0, 0.1) is 16.7 Å². The average molecular weight is 149 g/mol.